The van der Waals surface area contributed by atoms with E-state index in [9.17, 15) is 13.2 Å². The lowest BCUT2D eigenvalue weighted by atomic mass is 10.2. The number of aryl methyl sites for hydroxylation is 1. The number of fused-ring (bicyclic) bond motifs is 1. The normalized spacial score (nSPS) is 11.2. The first-order valence-corrected chi connectivity index (χ1v) is 5.87. The summed E-state index contributed by atoms with van der Waals surface area (Å²) in [6, 6.07) is 5.92. The monoisotopic (exact) mass is 277 g/mol. The Morgan fingerprint density at radius 2 is 1.80 bits per heavy atom. The van der Waals surface area contributed by atoms with E-state index in [1.165, 1.54) is 29.7 Å². The molecule has 0 saturated carbocycles. The first kappa shape index (κ1) is 12.5. The molecule has 0 aliphatic heterocycles. The number of imidazole rings is 1. The van der Waals surface area contributed by atoms with Crippen LogP contribution in [0.3, 0.4) is 0 Å². The second-order valence-corrected chi connectivity index (χ2v) is 4.49. The van der Waals surface area contributed by atoms with Gasteiger partial charge in [0.05, 0.1) is 16.7 Å². The van der Waals surface area contributed by atoms with Crippen LogP contribution in [0.15, 0.2) is 30.3 Å². The lowest BCUT2D eigenvalue weighted by Crippen LogP contribution is -2.04. The molecule has 0 spiro atoms. The van der Waals surface area contributed by atoms with Gasteiger partial charge in [-0.3, -0.25) is 4.57 Å². The van der Waals surface area contributed by atoms with E-state index in [1.54, 1.807) is 0 Å². The number of halogens is 3. The summed E-state index contributed by atoms with van der Waals surface area (Å²) >= 11 is 0. The first-order valence-electron chi connectivity index (χ1n) is 5.87. The number of hydrogen-bond acceptors (Lipinski definition) is 2. The van der Waals surface area contributed by atoms with Gasteiger partial charge in [0.1, 0.15) is 17.5 Å². The Bertz CT molecular complexity index is 824. The third-order valence-corrected chi connectivity index (χ3v) is 3.11. The Hall–Kier alpha value is -2.50. The highest BCUT2D eigenvalue weighted by atomic mass is 19.1. The van der Waals surface area contributed by atoms with Crippen LogP contribution >= 0.6 is 0 Å². The molecule has 20 heavy (non-hydrogen) atoms. The zero-order chi connectivity index (χ0) is 14.4. The van der Waals surface area contributed by atoms with Gasteiger partial charge in [-0.1, -0.05) is 0 Å². The lowest BCUT2D eigenvalue weighted by Gasteiger charge is -2.09. The zero-order valence-corrected chi connectivity index (χ0v) is 10.5. The van der Waals surface area contributed by atoms with Crippen molar-refractivity contribution in [3.05, 3.63) is 53.3 Å². The molecule has 0 radical (unpaired) electrons. The van der Waals surface area contributed by atoms with Crippen LogP contribution in [-0.2, 0) is 0 Å². The molecule has 0 aliphatic carbocycles. The van der Waals surface area contributed by atoms with Gasteiger partial charge in [-0.2, -0.15) is 0 Å². The van der Waals surface area contributed by atoms with Gasteiger partial charge in [0.2, 0.25) is 5.95 Å². The van der Waals surface area contributed by atoms with Crippen LogP contribution in [0.5, 0.6) is 0 Å². The summed E-state index contributed by atoms with van der Waals surface area (Å²) in [4.78, 5) is 4.01. The molecule has 0 unspecified atom stereocenters. The molecular weight excluding hydrogens is 267 g/mol. The maximum atomic E-state index is 14.0. The first-order chi connectivity index (χ1) is 9.47. The summed E-state index contributed by atoms with van der Waals surface area (Å²) in [6.07, 6.45) is 0. The SMILES string of the molecule is Cc1cc(F)c(-n2c(N)nc3ccc(F)cc32)cc1F. The number of aromatic nitrogens is 2. The molecule has 3 aromatic rings. The molecule has 1 heterocycles. The van der Waals surface area contributed by atoms with Crippen molar-refractivity contribution in [1.82, 2.24) is 9.55 Å². The number of benzene rings is 2. The van der Waals surface area contributed by atoms with Crippen molar-refractivity contribution in [3.63, 3.8) is 0 Å². The fourth-order valence-electron chi connectivity index (χ4n) is 2.13. The third kappa shape index (κ3) is 1.80. The molecule has 102 valence electrons. The highest BCUT2D eigenvalue weighted by molar-refractivity contribution is 5.81. The predicted molar refractivity (Wildman–Crippen MR) is 70.1 cm³/mol. The van der Waals surface area contributed by atoms with Crippen LogP contribution in [0.1, 0.15) is 5.56 Å². The van der Waals surface area contributed by atoms with Crippen LogP contribution in [-0.4, -0.2) is 9.55 Å². The van der Waals surface area contributed by atoms with Crippen molar-refractivity contribution in [2.75, 3.05) is 5.73 Å². The fraction of sp³-hybridized carbons (Fsp3) is 0.0714. The molecule has 2 N–H and O–H groups in total. The highest BCUT2D eigenvalue weighted by Crippen LogP contribution is 2.26. The van der Waals surface area contributed by atoms with E-state index in [2.05, 4.69) is 4.98 Å². The Morgan fingerprint density at radius 3 is 2.55 bits per heavy atom. The van der Waals surface area contributed by atoms with E-state index < -0.39 is 17.5 Å². The summed E-state index contributed by atoms with van der Waals surface area (Å²) in [5.41, 5.74) is 6.50. The summed E-state index contributed by atoms with van der Waals surface area (Å²) in [5.74, 6) is -1.77. The van der Waals surface area contributed by atoms with Crippen LogP contribution in [0.4, 0.5) is 19.1 Å². The molecular formula is C14H10F3N3. The van der Waals surface area contributed by atoms with Crippen molar-refractivity contribution in [2.24, 2.45) is 0 Å². The van der Waals surface area contributed by atoms with Gasteiger partial charge in [0, 0.05) is 12.1 Å². The van der Waals surface area contributed by atoms with E-state index in [4.69, 9.17) is 5.73 Å². The van der Waals surface area contributed by atoms with E-state index in [-0.39, 0.29) is 22.7 Å². The molecule has 0 aliphatic rings. The fourth-order valence-corrected chi connectivity index (χ4v) is 2.13. The molecule has 2 aromatic carbocycles. The standard InChI is InChI=1S/C14H10F3N3/c1-7-4-10(17)12(6-9(7)16)20-13-5-8(15)2-3-11(13)19-14(20)18/h2-6H,1H3,(H2,18,19). The van der Waals surface area contributed by atoms with Crippen molar-refractivity contribution in [2.45, 2.75) is 6.92 Å². The average Bonchev–Trinajstić information content (AvgIpc) is 2.69. The molecule has 3 nitrogen and oxygen atoms in total. The number of nitrogens with zero attached hydrogens (tertiary/aromatic N) is 2. The zero-order valence-electron chi connectivity index (χ0n) is 10.5. The molecule has 0 atom stereocenters. The molecule has 3 rings (SSSR count). The predicted octanol–water partition coefficient (Wildman–Crippen LogP) is 3.33. The Kier molecular flexibility index (Phi) is 2.67. The van der Waals surface area contributed by atoms with Crippen LogP contribution < -0.4 is 5.73 Å². The molecule has 6 heteroatoms. The number of rotatable bonds is 1. The van der Waals surface area contributed by atoms with Crippen molar-refractivity contribution >= 4 is 17.0 Å². The second kappa shape index (κ2) is 4.26. The molecule has 0 amide bonds. The Morgan fingerprint density at radius 1 is 1.05 bits per heavy atom. The van der Waals surface area contributed by atoms with Gasteiger partial charge in [0.15, 0.2) is 0 Å². The number of nitrogens with two attached hydrogens (primary N) is 1. The van der Waals surface area contributed by atoms with E-state index in [1.807, 2.05) is 0 Å². The van der Waals surface area contributed by atoms with Gasteiger partial charge in [-0.15, -0.1) is 0 Å². The molecule has 0 bridgehead atoms. The van der Waals surface area contributed by atoms with E-state index >= 15 is 0 Å². The topological polar surface area (TPSA) is 43.8 Å². The van der Waals surface area contributed by atoms with Crippen molar-refractivity contribution < 1.29 is 13.2 Å². The number of nitrogen functional groups attached to an aromatic ring is 1. The van der Waals surface area contributed by atoms with Gasteiger partial charge in [-0.05, 0) is 30.7 Å². The Labute approximate surface area is 112 Å². The summed E-state index contributed by atoms with van der Waals surface area (Å²) in [5, 5.41) is 0. The summed E-state index contributed by atoms with van der Waals surface area (Å²) in [7, 11) is 0. The molecule has 0 fully saturated rings. The minimum Gasteiger partial charge on any atom is -0.369 e. The van der Waals surface area contributed by atoms with Gasteiger partial charge in [-0.25, -0.2) is 18.2 Å². The Balaban J connectivity index is 2.37. The smallest absolute Gasteiger partial charge is 0.206 e. The average molecular weight is 277 g/mol. The minimum atomic E-state index is -0.654. The number of hydrogen-bond donors (Lipinski definition) is 1. The van der Waals surface area contributed by atoms with Crippen LogP contribution in [0.2, 0.25) is 0 Å². The minimum absolute atomic E-state index is 0.0345. The molecule has 1 aromatic heterocycles. The maximum absolute atomic E-state index is 14.0. The second-order valence-electron chi connectivity index (χ2n) is 4.49. The van der Waals surface area contributed by atoms with Crippen LogP contribution in [0.25, 0.3) is 16.7 Å². The van der Waals surface area contributed by atoms with Gasteiger partial charge >= 0.3 is 0 Å². The quantitative estimate of drug-likeness (QED) is 0.741. The lowest BCUT2D eigenvalue weighted by molar-refractivity contribution is 0.586. The number of anilines is 1. The maximum Gasteiger partial charge on any atom is 0.206 e. The van der Waals surface area contributed by atoms with E-state index in [0.29, 0.717) is 5.52 Å². The largest absolute Gasteiger partial charge is 0.369 e. The summed E-state index contributed by atoms with van der Waals surface area (Å²) in [6.45, 7) is 1.46. The van der Waals surface area contributed by atoms with Crippen LogP contribution in [0, 0.1) is 24.4 Å². The highest BCUT2D eigenvalue weighted by Gasteiger charge is 2.16. The third-order valence-electron chi connectivity index (χ3n) is 3.11. The summed E-state index contributed by atoms with van der Waals surface area (Å²) < 4.78 is 42.2. The van der Waals surface area contributed by atoms with Gasteiger partial charge in [0.25, 0.3) is 0 Å². The van der Waals surface area contributed by atoms with Crippen molar-refractivity contribution in [1.29, 1.82) is 0 Å². The molecule has 0 saturated heterocycles. The van der Waals surface area contributed by atoms with E-state index in [0.717, 1.165) is 12.1 Å². The van der Waals surface area contributed by atoms with Gasteiger partial charge < -0.3 is 5.73 Å². The van der Waals surface area contributed by atoms with Crippen molar-refractivity contribution in [3.8, 4) is 5.69 Å².